The van der Waals surface area contributed by atoms with E-state index in [9.17, 15) is 4.79 Å². The molecule has 9 nitrogen and oxygen atoms in total. The minimum atomic E-state index is -0.220. The highest BCUT2D eigenvalue weighted by atomic mass is 16.2. The number of amides is 1. The second-order valence-electron chi connectivity index (χ2n) is 9.15. The maximum absolute atomic E-state index is 12.7. The molecule has 0 spiro atoms. The van der Waals surface area contributed by atoms with Crippen LogP contribution in [0, 0.1) is 25.7 Å². The number of nitrogens with zero attached hydrogens (tertiary/aromatic N) is 6. The summed E-state index contributed by atoms with van der Waals surface area (Å²) in [6, 6.07) is 4.14. The highest BCUT2D eigenvalue weighted by molar-refractivity contribution is 5.92. The number of carbonyl (C=O) groups is 1. The van der Waals surface area contributed by atoms with E-state index in [1.54, 1.807) is 10.9 Å². The van der Waals surface area contributed by atoms with E-state index in [1.807, 2.05) is 13.8 Å². The molecule has 0 bridgehead atoms. The first-order chi connectivity index (χ1) is 15.0. The minimum absolute atomic E-state index is 0.0757. The summed E-state index contributed by atoms with van der Waals surface area (Å²) >= 11 is 0. The monoisotopic (exact) mass is 418 g/mol. The Morgan fingerprint density at radius 1 is 1.26 bits per heavy atom. The van der Waals surface area contributed by atoms with Gasteiger partial charge in [0.2, 0.25) is 0 Å². The number of carbonyl (C=O) groups excluding carboxylic acids is 1. The lowest BCUT2D eigenvalue weighted by atomic mass is 10.2. The van der Waals surface area contributed by atoms with E-state index in [1.165, 1.54) is 12.0 Å². The van der Waals surface area contributed by atoms with Crippen molar-refractivity contribution in [2.75, 3.05) is 18.0 Å². The zero-order valence-corrected chi connectivity index (χ0v) is 17.8. The summed E-state index contributed by atoms with van der Waals surface area (Å²) in [5.41, 5.74) is 5.62. The third-order valence-corrected chi connectivity index (χ3v) is 7.01. The van der Waals surface area contributed by atoms with Crippen LogP contribution in [0.1, 0.15) is 57.6 Å². The molecule has 0 radical (unpaired) electrons. The molecular formula is C22H26N8O. The van der Waals surface area contributed by atoms with Crippen LogP contribution in [-0.2, 0) is 13.0 Å². The van der Waals surface area contributed by atoms with Gasteiger partial charge in [-0.15, -0.1) is 5.10 Å². The fourth-order valence-electron chi connectivity index (χ4n) is 5.03. The molecule has 3 aromatic heterocycles. The first-order valence-corrected chi connectivity index (χ1v) is 11.0. The molecule has 1 amide bonds. The predicted molar refractivity (Wildman–Crippen MR) is 114 cm³/mol. The van der Waals surface area contributed by atoms with Crippen molar-refractivity contribution < 1.29 is 4.79 Å². The SMILES string of the molecule is Cc1nc(N2CC3CC3C2)ccc1Cn1cc(C(=O)N[C@@H]2CCc3c2n[nH]c3C)nn1. The molecule has 6 rings (SSSR count). The van der Waals surface area contributed by atoms with Crippen molar-refractivity contribution in [3.05, 3.63) is 52.2 Å². The second-order valence-corrected chi connectivity index (χ2v) is 9.15. The first kappa shape index (κ1) is 18.5. The Bertz CT molecular complexity index is 1150. The van der Waals surface area contributed by atoms with Gasteiger partial charge in [0.05, 0.1) is 24.5 Å². The van der Waals surface area contributed by atoms with Crippen molar-refractivity contribution in [3.8, 4) is 0 Å². The fraction of sp³-hybridized carbons (Fsp3) is 0.500. The number of anilines is 1. The number of H-pyrrole nitrogens is 1. The highest BCUT2D eigenvalue weighted by Crippen LogP contribution is 2.46. The van der Waals surface area contributed by atoms with Gasteiger partial charge in [-0.2, -0.15) is 5.10 Å². The zero-order chi connectivity index (χ0) is 21.1. The topological polar surface area (TPSA) is 105 Å². The smallest absolute Gasteiger partial charge is 0.274 e. The van der Waals surface area contributed by atoms with E-state index in [0.29, 0.717) is 12.2 Å². The largest absolute Gasteiger partial charge is 0.356 e. The molecule has 3 aliphatic rings. The molecule has 0 aromatic carbocycles. The number of piperidine rings is 1. The summed E-state index contributed by atoms with van der Waals surface area (Å²) in [7, 11) is 0. The van der Waals surface area contributed by atoms with Crippen molar-refractivity contribution in [2.45, 2.75) is 45.7 Å². The lowest BCUT2D eigenvalue weighted by Crippen LogP contribution is -2.27. The Labute approximate surface area is 180 Å². The zero-order valence-electron chi connectivity index (χ0n) is 17.8. The number of rotatable bonds is 5. The normalized spacial score (nSPS) is 23.7. The van der Waals surface area contributed by atoms with Crippen LogP contribution >= 0.6 is 0 Å². The molecule has 1 saturated carbocycles. The van der Waals surface area contributed by atoms with Crippen molar-refractivity contribution in [2.24, 2.45) is 11.8 Å². The van der Waals surface area contributed by atoms with E-state index in [-0.39, 0.29) is 11.9 Å². The number of aromatic amines is 1. The molecule has 2 N–H and O–H groups in total. The van der Waals surface area contributed by atoms with Crippen molar-refractivity contribution >= 4 is 11.7 Å². The van der Waals surface area contributed by atoms with Crippen molar-refractivity contribution in [1.29, 1.82) is 0 Å². The Morgan fingerprint density at radius 2 is 2.10 bits per heavy atom. The van der Waals surface area contributed by atoms with E-state index in [0.717, 1.165) is 66.2 Å². The summed E-state index contributed by atoms with van der Waals surface area (Å²) in [6.45, 7) is 6.86. The van der Waals surface area contributed by atoms with Crippen LogP contribution in [0.4, 0.5) is 5.82 Å². The number of pyridine rings is 1. The summed E-state index contributed by atoms with van der Waals surface area (Å²) in [4.78, 5) is 19.9. The molecule has 2 unspecified atom stereocenters. The molecule has 1 aliphatic heterocycles. The molecule has 9 heteroatoms. The van der Waals surface area contributed by atoms with Gasteiger partial charge in [0, 0.05) is 24.5 Å². The number of aromatic nitrogens is 6. The Kier molecular flexibility index (Phi) is 4.12. The van der Waals surface area contributed by atoms with E-state index in [2.05, 4.69) is 42.9 Å². The standard InChI is InChI=1S/C22H26N8O/c1-12-14(3-6-20(23-12)29-8-15-7-16(15)9-29)10-30-11-19(26-28-30)22(31)24-18-5-4-17-13(2)25-27-21(17)18/h3,6,11,15-16,18H,4-5,7-10H2,1-2H3,(H,24,31)(H,25,27)/t15?,16?,18-/m1/s1. The van der Waals surface area contributed by atoms with Crippen LogP contribution in [0.5, 0.6) is 0 Å². The van der Waals surface area contributed by atoms with Crippen LogP contribution in [0.15, 0.2) is 18.3 Å². The maximum Gasteiger partial charge on any atom is 0.274 e. The predicted octanol–water partition coefficient (Wildman–Crippen LogP) is 1.93. The quantitative estimate of drug-likeness (QED) is 0.656. The molecular weight excluding hydrogens is 392 g/mol. The second kappa shape index (κ2) is 6.90. The molecule has 2 aliphatic carbocycles. The van der Waals surface area contributed by atoms with Crippen LogP contribution in [0.2, 0.25) is 0 Å². The minimum Gasteiger partial charge on any atom is -0.356 e. The Balaban J connectivity index is 1.12. The first-order valence-electron chi connectivity index (χ1n) is 11.0. The van der Waals surface area contributed by atoms with Gasteiger partial charge in [0.1, 0.15) is 5.82 Å². The van der Waals surface area contributed by atoms with Gasteiger partial charge in [0.15, 0.2) is 5.69 Å². The Hall–Kier alpha value is -3.23. The lowest BCUT2D eigenvalue weighted by Gasteiger charge is -2.20. The van der Waals surface area contributed by atoms with Gasteiger partial charge < -0.3 is 10.2 Å². The average Bonchev–Trinajstić information content (AvgIpc) is 3.22. The van der Waals surface area contributed by atoms with Crippen LogP contribution in [0.3, 0.4) is 0 Å². The fourth-order valence-corrected chi connectivity index (χ4v) is 5.03. The average molecular weight is 419 g/mol. The van der Waals surface area contributed by atoms with Gasteiger partial charge in [0.25, 0.3) is 5.91 Å². The maximum atomic E-state index is 12.7. The van der Waals surface area contributed by atoms with Gasteiger partial charge in [-0.3, -0.25) is 9.89 Å². The number of hydrogen-bond donors (Lipinski definition) is 2. The summed E-state index contributed by atoms with van der Waals surface area (Å²) < 4.78 is 1.70. The number of aryl methyl sites for hydroxylation is 2. The van der Waals surface area contributed by atoms with Crippen LogP contribution in [-0.4, -0.2) is 49.2 Å². The summed E-state index contributed by atoms with van der Waals surface area (Å²) in [6.07, 6.45) is 4.88. The summed E-state index contributed by atoms with van der Waals surface area (Å²) in [5, 5.41) is 18.6. The number of hydrogen-bond acceptors (Lipinski definition) is 6. The molecule has 1 saturated heterocycles. The number of fused-ring (bicyclic) bond motifs is 2. The molecule has 3 aromatic rings. The van der Waals surface area contributed by atoms with Crippen molar-refractivity contribution in [3.63, 3.8) is 0 Å². The number of nitrogens with one attached hydrogen (secondary N) is 2. The van der Waals surface area contributed by atoms with E-state index in [4.69, 9.17) is 4.98 Å². The van der Waals surface area contributed by atoms with Crippen molar-refractivity contribution in [1.82, 2.24) is 35.5 Å². The third-order valence-electron chi connectivity index (χ3n) is 7.01. The molecule has 4 heterocycles. The van der Waals surface area contributed by atoms with Gasteiger partial charge in [-0.05, 0) is 62.1 Å². The molecule has 3 atom stereocenters. The van der Waals surface area contributed by atoms with E-state index < -0.39 is 0 Å². The molecule has 160 valence electrons. The van der Waals surface area contributed by atoms with Gasteiger partial charge >= 0.3 is 0 Å². The van der Waals surface area contributed by atoms with Crippen LogP contribution in [0.25, 0.3) is 0 Å². The lowest BCUT2D eigenvalue weighted by molar-refractivity contribution is 0.0930. The van der Waals surface area contributed by atoms with Gasteiger partial charge in [-0.1, -0.05) is 11.3 Å². The third kappa shape index (κ3) is 3.28. The Morgan fingerprint density at radius 3 is 2.90 bits per heavy atom. The van der Waals surface area contributed by atoms with E-state index >= 15 is 0 Å². The highest BCUT2D eigenvalue weighted by Gasteiger charge is 2.45. The molecule has 2 fully saturated rings. The molecule has 31 heavy (non-hydrogen) atoms. The van der Waals surface area contributed by atoms with Gasteiger partial charge in [-0.25, -0.2) is 9.67 Å². The summed E-state index contributed by atoms with van der Waals surface area (Å²) in [5.74, 6) is 2.61. The van der Waals surface area contributed by atoms with Crippen LogP contribution < -0.4 is 10.2 Å².